The molecule has 6 heteroatoms. The van der Waals surface area contributed by atoms with Gasteiger partial charge >= 0.3 is 0 Å². The molecule has 0 aliphatic carbocycles. The van der Waals surface area contributed by atoms with Crippen molar-refractivity contribution in [3.8, 4) is 0 Å². The number of hydrogen-bond donors (Lipinski definition) is 0. The van der Waals surface area contributed by atoms with E-state index in [1.165, 1.54) is 0 Å². The third-order valence-electron chi connectivity index (χ3n) is 2.88. The normalized spacial score (nSPS) is 11.4. The van der Waals surface area contributed by atoms with Crippen LogP contribution in [0.15, 0.2) is 24.4 Å². The lowest BCUT2D eigenvalue weighted by Crippen LogP contribution is -2.33. The number of aromatic nitrogens is 2. The number of amides is 1. The summed E-state index contributed by atoms with van der Waals surface area (Å²) in [5.74, 6) is -0.00917. The van der Waals surface area contributed by atoms with E-state index in [2.05, 4.69) is 5.10 Å². The van der Waals surface area contributed by atoms with E-state index in [0.717, 1.165) is 12.2 Å². The van der Waals surface area contributed by atoms with Crippen molar-refractivity contribution >= 4 is 5.91 Å². The zero-order valence-corrected chi connectivity index (χ0v) is 12.7. The fraction of sp³-hybridized carbons (Fsp3) is 0.571. The Bertz CT molecular complexity index is 440. The lowest BCUT2D eigenvalue weighted by molar-refractivity contribution is -0.127. The molecular formula is C14H24N4O2. The largest absolute Gasteiger partial charge is 0.383 e. The van der Waals surface area contributed by atoms with Gasteiger partial charge in [0.25, 0.3) is 0 Å². The van der Waals surface area contributed by atoms with Crippen LogP contribution in [0.2, 0.25) is 0 Å². The van der Waals surface area contributed by atoms with E-state index >= 15 is 0 Å². The Morgan fingerprint density at radius 1 is 1.50 bits per heavy atom. The topological polar surface area (TPSA) is 50.6 Å². The molecule has 6 nitrogen and oxygen atoms in total. The zero-order valence-electron chi connectivity index (χ0n) is 12.7. The third-order valence-corrected chi connectivity index (χ3v) is 2.88. The Kier molecular flexibility index (Phi) is 6.97. The van der Waals surface area contributed by atoms with E-state index in [0.29, 0.717) is 19.7 Å². The molecule has 1 aromatic heterocycles. The second-order valence-corrected chi connectivity index (χ2v) is 4.86. The van der Waals surface area contributed by atoms with Gasteiger partial charge in [-0.1, -0.05) is 6.08 Å². The Morgan fingerprint density at radius 2 is 2.25 bits per heavy atom. The fourth-order valence-electron chi connectivity index (χ4n) is 1.69. The van der Waals surface area contributed by atoms with Crippen molar-refractivity contribution in [1.82, 2.24) is 19.6 Å². The summed E-state index contributed by atoms with van der Waals surface area (Å²) < 4.78 is 6.84. The van der Waals surface area contributed by atoms with Crippen LogP contribution < -0.4 is 0 Å². The third kappa shape index (κ3) is 5.54. The maximum absolute atomic E-state index is 12.2. The van der Waals surface area contributed by atoms with Gasteiger partial charge in [0.1, 0.15) is 0 Å². The molecule has 112 valence electrons. The van der Waals surface area contributed by atoms with Gasteiger partial charge in [0, 0.05) is 39.5 Å². The van der Waals surface area contributed by atoms with E-state index in [-0.39, 0.29) is 5.91 Å². The molecule has 1 aromatic rings. The molecule has 0 fully saturated rings. The average molecular weight is 280 g/mol. The van der Waals surface area contributed by atoms with Crippen molar-refractivity contribution in [3.63, 3.8) is 0 Å². The summed E-state index contributed by atoms with van der Waals surface area (Å²) in [6.45, 7) is 2.36. The molecule has 0 N–H and O–H groups in total. The molecular weight excluding hydrogens is 256 g/mol. The number of likely N-dealkylation sites (N-methyl/N-ethyl adjacent to an activating group) is 1. The smallest absolute Gasteiger partial charge is 0.246 e. The van der Waals surface area contributed by atoms with E-state index < -0.39 is 0 Å². The summed E-state index contributed by atoms with van der Waals surface area (Å²) in [7, 11) is 7.44. The molecule has 0 radical (unpaired) electrons. The molecule has 0 bridgehead atoms. The number of hydrogen-bond acceptors (Lipinski definition) is 4. The monoisotopic (exact) mass is 280 g/mol. The second-order valence-electron chi connectivity index (χ2n) is 4.86. The quantitative estimate of drug-likeness (QED) is 0.651. The molecule has 1 amide bonds. The Labute approximate surface area is 120 Å². The van der Waals surface area contributed by atoms with Crippen LogP contribution in [0.5, 0.6) is 0 Å². The first-order chi connectivity index (χ1) is 9.54. The number of methoxy groups -OCH3 is 1. The van der Waals surface area contributed by atoms with Crippen molar-refractivity contribution in [2.24, 2.45) is 7.05 Å². The summed E-state index contributed by atoms with van der Waals surface area (Å²) in [5, 5.41) is 4.12. The van der Waals surface area contributed by atoms with Crippen LogP contribution >= 0.6 is 0 Å². The Balaban J connectivity index is 2.65. The molecule has 0 atom stereocenters. The lowest BCUT2D eigenvalue weighted by Gasteiger charge is -2.21. The molecule has 0 unspecified atom stereocenters. The number of aryl methyl sites for hydroxylation is 1. The summed E-state index contributed by atoms with van der Waals surface area (Å²) in [6, 6.07) is 1.91. The first-order valence-electron chi connectivity index (χ1n) is 6.60. The van der Waals surface area contributed by atoms with Crippen LogP contribution in [-0.4, -0.2) is 66.4 Å². The van der Waals surface area contributed by atoms with Gasteiger partial charge in [-0.25, -0.2) is 0 Å². The second kappa shape index (κ2) is 8.50. The molecule has 20 heavy (non-hydrogen) atoms. The zero-order chi connectivity index (χ0) is 15.0. The van der Waals surface area contributed by atoms with Gasteiger partial charge in [-0.2, -0.15) is 5.10 Å². The standard InChI is InChI=1S/C14H24N4O2/c1-16(2)9-5-6-14(19)18(10-11-20-4)12-13-7-8-15-17(13)3/h5-8H,9-12H2,1-4H3/b6-5+. The van der Waals surface area contributed by atoms with E-state index in [1.54, 1.807) is 29.0 Å². The van der Waals surface area contributed by atoms with Crippen molar-refractivity contribution < 1.29 is 9.53 Å². The van der Waals surface area contributed by atoms with Gasteiger partial charge in [-0.15, -0.1) is 0 Å². The number of nitrogens with zero attached hydrogens (tertiary/aromatic N) is 4. The molecule has 0 aliphatic rings. The van der Waals surface area contributed by atoms with Crippen LogP contribution in [0.4, 0.5) is 0 Å². The van der Waals surface area contributed by atoms with E-state index in [9.17, 15) is 4.79 Å². The van der Waals surface area contributed by atoms with Crippen molar-refractivity contribution in [3.05, 3.63) is 30.1 Å². The number of rotatable bonds is 8. The molecule has 0 aromatic carbocycles. The summed E-state index contributed by atoms with van der Waals surface area (Å²) in [5.41, 5.74) is 0.996. The highest BCUT2D eigenvalue weighted by atomic mass is 16.5. The molecule has 1 heterocycles. The minimum atomic E-state index is -0.00917. The van der Waals surface area contributed by atoms with Crippen LogP contribution in [0.3, 0.4) is 0 Å². The highest BCUT2D eigenvalue weighted by molar-refractivity contribution is 5.87. The lowest BCUT2D eigenvalue weighted by atomic mass is 10.3. The highest BCUT2D eigenvalue weighted by Gasteiger charge is 2.12. The van der Waals surface area contributed by atoms with Crippen LogP contribution in [0.1, 0.15) is 5.69 Å². The van der Waals surface area contributed by atoms with Crippen LogP contribution in [0, 0.1) is 0 Å². The summed E-state index contributed by atoms with van der Waals surface area (Å²) in [6.07, 6.45) is 5.22. The molecule has 0 spiro atoms. The van der Waals surface area contributed by atoms with Crippen LogP contribution in [0.25, 0.3) is 0 Å². The molecule has 0 saturated carbocycles. The SMILES string of the molecule is COCCN(Cc1ccnn1C)C(=O)/C=C/CN(C)C. The van der Waals surface area contributed by atoms with Gasteiger partial charge in [0.2, 0.25) is 5.91 Å². The van der Waals surface area contributed by atoms with E-state index in [1.807, 2.05) is 38.2 Å². The highest BCUT2D eigenvalue weighted by Crippen LogP contribution is 2.04. The average Bonchev–Trinajstić information content (AvgIpc) is 2.79. The molecule has 1 rings (SSSR count). The van der Waals surface area contributed by atoms with E-state index in [4.69, 9.17) is 4.74 Å². The Morgan fingerprint density at radius 3 is 2.80 bits per heavy atom. The number of ether oxygens (including phenoxy) is 1. The van der Waals surface area contributed by atoms with Crippen molar-refractivity contribution in [1.29, 1.82) is 0 Å². The Hall–Kier alpha value is -1.66. The predicted molar refractivity (Wildman–Crippen MR) is 78.2 cm³/mol. The summed E-state index contributed by atoms with van der Waals surface area (Å²) >= 11 is 0. The van der Waals surface area contributed by atoms with Crippen molar-refractivity contribution in [2.75, 3.05) is 40.9 Å². The maximum Gasteiger partial charge on any atom is 0.246 e. The van der Waals surface area contributed by atoms with Crippen LogP contribution in [-0.2, 0) is 23.1 Å². The first kappa shape index (κ1) is 16.4. The van der Waals surface area contributed by atoms with Gasteiger partial charge in [-0.05, 0) is 20.2 Å². The van der Waals surface area contributed by atoms with Gasteiger partial charge in [0.15, 0.2) is 0 Å². The number of carbonyl (C=O) groups excluding carboxylic acids is 1. The van der Waals surface area contributed by atoms with Gasteiger partial charge < -0.3 is 14.5 Å². The minimum Gasteiger partial charge on any atom is -0.383 e. The predicted octanol–water partition coefficient (Wildman–Crippen LogP) is 0.513. The fourth-order valence-corrected chi connectivity index (χ4v) is 1.69. The van der Waals surface area contributed by atoms with Gasteiger partial charge in [0.05, 0.1) is 18.8 Å². The first-order valence-corrected chi connectivity index (χ1v) is 6.60. The molecule has 0 saturated heterocycles. The summed E-state index contributed by atoms with van der Waals surface area (Å²) in [4.78, 5) is 16.0. The molecule has 0 aliphatic heterocycles. The maximum atomic E-state index is 12.2. The van der Waals surface area contributed by atoms with Crippen molar-refractivity contribution in [2.45, 2.75) is 6.54 Å². The van der Waals surface area contributed by atoms with Gasteiger partial charge in [-0.3, -0.25) is 9.48 Å². The minimum absolute atomic E-state index is 0.00917. The number of carbonyl (C=O) groups is 1.